The van der Waals surface area contributed by atoms with Crippen LogP contribution in [0, 0.1) is 11.8 Å². The number of hydrogen-bond donors (Lipinski definition) is 2. The topological polar surface area (TPSA) is 72.9 Å². The predicted molar refractivity (Wildman–Crippen MR) is 73.5 cm³/mol. The Morgan fingerprint density at radius 3 is 2.74 bits per heavy atom. The van der Waals surface area contributed by atoms with Crippen LogP contribution in [0.3, 0.4) is 0 Å². The van der Waals surface area contributed by atoms with Gasteiger partial charge in [0.1, 0.15) is 5.69 Å². The summed E-state index contributed by atoms with van der Waals surface area (Å²) in [5, 5.41) is 2.77. The van der Waals surface area contributed by atoms with Crippen LogP contribution in [0.2, 0.25) is 0 Å². The normalized spacial score (nSPS) is 9.58. The molecule has 0 fully saturated rings. The first kappa shape index (κ1) is 12.9. The summed E-state index contributed by atoms with van der Waals surface area (Å²) in [5.74, 6) is 5.45. The fourth-order valence-electron chi connectivity index (χ4n) is 1.52. The van der Waals surface area contributed by atoms with Crippen molar-refractivity contribution in [2.24, 2.45) is 12.8 Å². The number of nitrogens with two attached hydrogens (primary N) is 1. The number of aryl methyl sites for hydroxylation is 1. The minimum atomic E-state index is -0.235. The molecule has 0 spiro atoms. The number of nitrogens with one attached hydrogen (secondary N) is 1. The van der Waals surface area contributed by atoms with Crippen LogP contribution in [-0.2, 0) is 7.05 Å². The van der Waals surface area contributed by atoms with E-state index in [9.17, 15) is 4.79 Å². The monoisotopic (exact) mass is 254 g/mol. The molecule has 0 bridgehead atoms. The van der Waals surface area contributed by atoms with Crippen LogP contribution < -0.4 is 11.1 Å². The van der Waals surface area contributed by atoms with Crippen molar-refractivity contribution in [1.82, 2.24) is 9.55 Å². The van der Waals surface area contributed by atoms with Gasteiger partial charge in [0.2, 0.25) is 0 Å². The molecule has 19 heavy (non-hydrogen) atoms. The molecule has 5 heteroatoms. The quantitative estimate of drug-likeness (QED) is 0.785. The maximum absolute atomic E-state index is 11.9. The zero-order chi connectivity index (χ0) is 13.7. The maximum Gasteiger partial charge on any atom is 0.275 e. The van der Waals surface area contributed by atoms with Gasteiger partial charge in [0.15, 0.2) is 0 Å². The van der Waals surface area contributed by atoms with E-state index in [1.165, 1.54) is 0 Å². The molecule has 1 aromatic heterocycles. The number of anilines is 1. The number of hydrogen-bond acceptors (Lipinski definition) is 3. The van der Waals surface area contributed by atoms with Gasteiger partial charge in [-0.3, -0.25) is 4.79 Å². The van der Waals surface area contributed by atoms with Gasteiger partial charge < -0.3 is 15.6 Å². The van der Waals surface area contributed by atoms with Gasteiger partial charge in [-0.25, -0.2) is 4.98 Å². The van der Waals surface area contributed by atoms with Crippen molar-refractivity contribution in [2.75, 3.05) is 11.9 Å². The molecular weight excluding hydrogens is 240 g/mol. The van der Waals surface area contributed by atoms with Crippen molar-refractivity contribution in [3.8, 4) is 11.8 Å². The van der Waals surface area contributed by atoms with E-state index in [0.29, 0.717) is 17.9 Å². The molecule has 3 N–H and O–H groups in total. The fraction of sp³-hybridized carbons (Fsp3) is 0.143. The predicted octanol–water partition coefficient (Wildman–Crippen LogP) is 0.983. The van der Waals surface area contributed by atoms with E-state index in [2.05, 4.69) is 22.1 Å². The Hall–Kier alpha value is -2.58. The third-order valence-electron chi connectivity index (χ3n) is 2.42. The summed E-state index contributed by atoms with van der Waals surface area (Å²) in [7, 11) is 1.81. The Morgan fingerprint density at radius 1 is 1.42 bits per heavy atom. The lowest BCUT2D eigenvalue weighted by Crippen LogP contribution is -2.12. The van der Waals surface area contributed by atoms with E-state index in [-0.39, 0.29) is 5.91 Å². The number of carbonyl (C=O) groups excluding carboxylic acids is 1. The van der Waals surface area contributed by atoms with Gasteiger partial charge >= 0.3 is 0 Å². The fourth-order valence-corrected chi connectivity index (χ4v) is 1.52. The van der Waals surface area contributed by atoms with Crippen LogP contribution in [0.25, 0.3) is 0 Å². The molecule has 0 aliphatic rings. The number of amides is 1. The molecule has 2 rings (SSSR count). The number of nitrogens with zero attached hydrogens (tertiary/aromatic N) is 2. The first-order chi connectivity index (χ1) is 9.19. The molecule has 5 nitrogen and oxygen atoms in total. The van der Waals surface area contributed by atoms with Crippen molar-refractivity contribution in [3.05, 3.63) is 48.0 Å². The van der Waals surface area contributed by atoms with E-state index in [1.807, 2.05) is 19.2 Å². The lowest BCUT2D eigenvalue weighted by atomic mass is 10.2. The van der Waals surface area contributed by atoms with Gasteiger partial charge in [0, 0.05) is 24.5 Å². The molecule has 1 amide bonds. The largest absolute Gasteiger partial charge is 0.340 e. The number of carbonyl (C=O) groups is 1. The maximum atomic E-state index is 11.9. The highest BCUT2D eigenvalue weighted by atomic mass is 16.1. The molecule has 0 radical (unpaired) electrons. The standard InChI is InChI=1S/C14H14N4O/c1-18-9-13(16-10-18)14(19)17-12-6-4-11(5-7-12)3-2-8-15/h4-7,9-10H,8,15H2,1H3,(H,17,19). The van der Waals surface area contributed by atoms with Gasteiger partial charge in [-0.15, -0.1) is 0 Å². The van der Waals surface area contributed by atoms with Crippen LogP contribution in [-0.4, -0.2) is 22.0 Å². The zero-order valence-corrected chi connectivity index (χ0v) is 10.6. The first-order valence-electron chi connectivity index (χ1n) is 5.77. The third kappa shape index (κ3) is 3.44. The summed E-state index contributed by atoms with van der Waals surface area (Å²) in [6, 6.07) is 7.25. The highest BCUT2D eigenvalue weighted by Gasteiger charge is 2.08. The Morgan fingerprint density at radius 2 is 2.16 bits per heavy atom. The minimum absolute atomic E-state index is 0.235. The molecule has 0 atom stereocenters. The van der Waals surface area contributed by atoms with Crippen molar-refractivity contribution in [3.63, 3.8) is 0 Å². The van der Waals surface area contributed by atoms with Crippen LogP contribution in [0.5, 0.6) is 0 Å². The molecule has 2 aromatic rings. The van der Waals surface area contributed by atoms with E-state index in [1.54, 1.807) is 29.2 Å². The summed E-state index contributed by atoms with van der Waals surface area (Å²) >= 11 is 0. The Balaban J connectivity index is 2.05. The molecular formula is C14H14N4O. The third-order valence-corrected chi connectivity index (χ3v) is 2.42. The van der Waals surface area contributed by atoms with E-state index < -0.39 is 0 Å². The van der Waals surface area contributed by atoms with Crippen LogP contribution in [0.1, 0.15) is 16.1 Å². The van der Waals surface area contributed by atoms with Gasteiger partial charge in [-0.2, -0.15) is 0 Å². The van der Waals surface area contributed by atoms with E-state index in [0.717, 1.165) is 5.56 Å². The number of rotatable bonds is 2. The second kappa shape index (κ2) is 5.85. The lowest BCUT2D eigenvalue weighted by molar-refractivity contribution is 0.102. The molecule has 96 valence electrons. The number of aromatic nitrogens is 2. The van der Waals surface area contributed by atoms with Crippen LogP contribution in [0.15, 0.2) is 36.8 Å². The van der Waals surface area contributed by atoms with Gasteiger partial charge in [0.25, 0.3) is 5.91 Å². The average molecular weight is 254 g/mol. The Kier molecular flexibility index (Phi) is 3.96. The second-order valence-electron chi connectivity index (χ2n) is 3.96. The SMILES string of the molecule is Cn1cnc(C(=O)Nc2ccc(C#CCN)cc2)c1. The lowest BCUT2D eigenvalue weighted by Gasteiger charge is -2.02. The van der Waals surface area contributed by atoms with Crippen molar-refractivity contribution in [2.45, 2.75) is 0 Å². The smallest absolute Gasteiger partial charge is 0.275 e. The van der Waals surface area contributed by atoms with Crippen LogP contribution in [0.4, 0.5) is 5.69 Å². The molecule has 0 aliphatic carbocycles. The van der Waals surface area contributed by atoms with Gasteiger partial charge in [-0.1, -0.05) is 11.8 Å². The number of imidazole rings is 1. The van der Waals surface area contributed by atoms with E-state index in [4.69, 9.17) is 5.73 Å². The minimum Gasteiger partial charge on any atom is -0.340 e. The Labute approximate surface area is 111 Å². The summed E-state index contributed by atoms with van der Waals surface area (Å²) in [4.78, 5) is 15.8. The van der Waals surface area contributed by atoms with Gasteiger partial charge in [0.05, 0.1) is 12.9 Å². The molecule has 1 aromatic carbocycles. The van der Waals surface area contributed by atoms with Crippen molar-refractivity contribution in [1.29, 1.82) is 0 Å². The Bertz CT molecular complexity index is 631. The van der Waals surface area contributed by atoms with Crippen molar-refractivity contribution < 1.29 is 4.79 Å². The summed E-state index contributed by atoms with van der Waals surface area (Å²) in [5.41, 5.74) is 7.25. The molecule has 0 saturated heterocycles. The van der Waals surface area contributed by atoms with Gasteiger partial charge in [-0.05, 0) is 24.3 Å². The zero-order valence-electron chi connectivity index (χ0n) is 10.6. The summed E-state index contributed by atoms with van der Waals surface area (Å²) < 4.78 is 1.72. The van der Waals surface area contributed by atoms with Crippen LogP contribution >= 0.6 is 0 Å². The summed E-state index contributed by atoms with van der Waals surface area (Å²) in [6.45, 7) is 0.332. The number of benzene rings is 1. The molecule has 0 aliphatic heterocycles. The molecule has 0 unspecified atom stereocenters. The van der Waals surface area contributed by atoms with E-state index >= 15 is 0 Å². The molecule has 1 heterocycles. The molecule has 0 saturated carbocycles. The van der Waals surface area contributed by atoms with Crippen molar-refractivity contribution >= 4 is 11.6 Å². The first-order valence-corrected chi connectivity index (χ1v) is 5.77. The average Bonchev–Trinajstić information content (AvgIpc) is 2.85. The highest BCUT2D eigenvalue weighted by Crippen LogP contribution is 2.10. The highest BCUT2D eigenvalue weighted by molar-refractivity contribution is 6.02. The second-order valence-corrected chi connectivity index (χ2v) is 3.96. The summed E-state index contributed by atoms with van der Waals surface area (Å²) in [6.07, 6.45) is 3.25.